The number of aryl methyl sites for hydroxylation is 1. The molecule has 0 amide bonds. The Morgan fingerprint density at radius 2 is 1.56 bits per heavy atom. The van der Waals surface area contributed by atoms with Crippen LogP contribution >= 0.6 is 0 Å². The Kier molecular flexibility index (Phi) is 6.51. The molecule has 0 atom stereocenters. The first kappa shape index (κ1) is 22.9. The van der Waals surface area contributed by atoms with E-state index >= 15 is 0 Å². The van der Waals surface area contributed by atoms with Gasteiger partial charge in [-0.05, 0) is 53.4 Å². The van der Waals surface area contributed by atoms with Crippen molar-refractivity contribution in [2.24, 2.45) is 5.73 Å². The molecule has 0 saturated carbocycles. The molecule has 4 rings (SSSR count). The number of nitrogens with zero attached hydrogens (tertiary/aromatic N) is 1. The maximum atomic E-state index is 14.5. The molecule has 172 valence electrons. The maximum absolute atomic E-state index is 14.5. The van der Waals surface area contributed by atoms with Crippen LogP contribution in [0.2, 0.25) is 0 Å². The van der Waals surface area contributed by atoms with Gasteiger partial charge in [0.25, 0.3) is 11.8 Å². The third kappa shape index (κ3) is 4.87. The maximum Gasteiger partial charge on any atom is 0.339 e. The molecule has 0 aliphatic rings. The first-order valence-corrected chi connectivity index (χ1v) is 10.3. The first-order chi connectivity index (χ1) is 16.4. The molecule has 1 heterocycles. The molecule has 3 N–H and O–H groups in total. The average Bonchev–Trinajstić information content (AvgIpc) is 2.83. The molecule has 0 radical (unpaired) electrons. The van der Waals surface area contributed by atoms with Crippen LogP contribution in [0.15, 0.2) is 72.8 Å². The largest absolute Gasteiger partial charge is 0.478 e. The number of carboxylic acid groups (broad SMARTS) is 1. The van der Waals surface area contributed by atoms with Crippen molar-refractivity contribution in [3.63, 3.8) is 0 Å². The average molecular weight is 462 g/mol. The predicted molar refractivity (Wildman–Crippen MR) is 122 cm³/mol. The smallest absolute Gasteiger partial charge is 0.339 e. The molecule has 8 heteroatoms. The highest BCUT2D eigenvalue weighted by Crippen LogP contribution is 2.34. The number of hydrogen-bond acceptors (Lipinski definition) is 5. The number of carbonyl (C=O) groups is 1. The van der Waals surface area contributed by atoms with Crippen molar-refractivity contribution < 1.29 is 28.2 Å². The molecule has 6 nitrogen and oxygen atoms in total. The lowest BCUT2D eigenvalue weighted by atomic mass is 10.0. The molecule has 4 aromatic rings. The number of halogens is 2. The fourth-order valence-electron chi connectivity index (χ4n) is 3.36. The Bertz CT molecular complexity index is 1380. The van der Waals surface area contributed by atoms with Gasteiger partial charge in [0.2, 0.25) is 0 Å². The fourth-order valence-corrected chi connectivity index (χ4v) is 3.36. The summed E-state index contributed by atoms with van der Waals surface area (Å²) in [5, 5.41) is 9.40. The standard InChI is InChI=1S/C26H20F2N2O4/c1-15-5-2-10-20(26(31)32)23(15)34-25-22(28)13-21(27)24(30-25)33-19-9-4-8-18(12-19)17-7-3-6-16(11-17)14-29/h2-13H,14,29H2,1H3,(H,31,32). The number of benzene rings is 3. The summed E-state index contributed by atoms with van der Waals surface area (Å²) in [7, 11) is 0. The Hall–Kier alpha value is -4.30. The molecule has 0 fully saturated rings. The Morgan fingerprint density at radius 1 is 0.912 bits per heavy atom. The lowest BCUT2D eigenvalue weighted by Crippen LogP contribution is -2.04. The number of para-hydroxylation sites is 1. The highest BCUT2D eigenvalue weighted by atomic mass is 19.1. The van der Waals surface area contributed by atoms with Gasteiger partial charge in [-0.25, -0.2) is 13.6 Å². The minimum absolute atomic E-state index is 0.0965. The van der Waals surface area contributed by atoms with Crippen LogP contribution in [-0.2, 0) is 6.54 Å². The van der Waals surface area contributed by atoms with Gasteiger partial charge < -0.3 is 20.3 Å². The lowest BCUT2D eigenvalue weighted by molar-refractivity contribution is 0.0693. The molecule has 0 saturated heterocycles. The molecular formula is C26H20F2N2O4. The van der Waals surface area contributed by atoms with E-state index in [-0.39, 0.29) is 17.1 Å². The first-order valence-electron chi connectivity index (χ1n) is 10.3. The van der Waals surface area contributed by atoms with Gasteiger partial charge in [-0.15, -0.1) is 0 Å². The van der Waals surface area contributed by atoms with E-state index in [2.05, 4.69) is 4.98 Å². The summed E-state index contributed by atoms with van der Waals surface area (Å²) in [6, 6.07) is 19.5. The molecular weight excluding hydrogens is 442 g/mol. The summed E-state index contributed by atoms with van der Waals surface area (Å²) in [5.41, 5.74) is 8.63. The van der Waals surface area contributed by atoms with E-state index in [9.17, 15) is 18.7 Å². The van der Waals surface area contributed by atoms with Gasteiger partial charge in [0.05, 0.1) is 0 Å². The van der Waals surface area contributed by atoms with Crippen molar-refractivity contribution in [1.82, 2.24) is 4.98 Å². The van der Waals surface area contributed by atoms with Crippen LogP contribution < -0.4 is 15.2 Å². The van der Waals surface area contributed by atoms with E-state index in [4.69, 9.17) is 15.2 Å². The Labute approximate surface area is 194 Å². The monoisotopic (exact) mass is 462 g/mol. The molecule has 0 aliphatic carbocycles. The van der Waals surface area contributed by atoms with Gasteiger partial charge in [-0.3, -0.25) is 0 Å². The van der Waals surface area contributed by atoms with Crippen molar-refractivity contribution in [3.05, 3.63) is 101 Å². The Morgan fingerprint density at radius 3 is 2.26 bits per heavy atom. The lowest BCUT2D eigenvalue weighted by Gasteiger charge is -2.13. The third-order valence-electron chi connectivity index (χ3n) is 5.05. The van der Waals surface area contributed by atoms with Gasteiger partial charge in [-0.1, -0.05) is 42.5 Å². The zero-order valence-corrected chi connectivity index (χ0v) is 18.1. The molecule has 0 unspecified atom stereocenters. The number of aromatic nitrogens is 1. The van der Waals surface area contributed by atoms with E-state index in [1.807, 2.05) is 30.3 Å². The van der Waals surface area contributed by atoms with Crippen LogP contribution in [0.4, 0.5) is 8.78 Å². The molecule has 1 aromatic heterocycles. The van der Waals surface area contributed by atoms with Crippen LogP contribution in [-0.4, -0.2) is 16.1 Å². The second-order valence-electron chi connectivity index (χ2n) is 7.46. The van der Waals surface area contributed by atoms with Gasteiger partial charge in [-0.2, -0.15) is 4.98 Å². The summed E-state index contributed by atoms with van der Waals surface area (Å²) in [6.07, 6.45) is 0. The quantitative estimate of drug-likeness (QED) is 0.346. The second kappa shape index (κ2) is 9.68. The zero-order valence-electron chi connectivity index (χ0n) is 18.1. The molecule has 34 heavy (non-hydrogen) atoms. The number of nitrogens with two attached hydrogens (primary N) is 1. The molecule has 0 bridgehead atoms. The van der Waals surface area contributed by atoms with Crippen molar-refractivity contribution in [2.45, 2.75) is 13.5 Å². The van der Waals surface area contributed by atoms with E-state index in [0.717, 1.165) is 16.7 Å². The van der Waals surface area contributed by atoms with Crippen molar-refractivity contribution in [2.75, 3.05) is 0 Å². The third-order valence-corrected chi connectivity index (χ3v) is 5.05. The van der Waals surface area contributed by atoms with Gasteiger partial charge in [0.15, 0.2) is 11.6 Å². The number of aromatic carboxylic acids is 1. The second-order valence-corrected chi connectivity index (χ2v) is 7.46. The zero-order chi connectivity index (χ0) is 24.2. The van der Waals surface area contributed by atoms with Crippen molar-refractivity contribution >= 4 is 5.97 Å². The molecule has 0 spiro atoms. The summed E-state index contributed by atoms with van der Waals surface area (Å²) in [6.45, 7) is 1.99. The number of rotatable bonds is 7. The number of pyridine rings is 1. The summed E-state index contributed by atoms with van der Waals surface area (Å²) < 4.78 is 40.0. The van der Waals surface area contributed by atoms with Crippen molar-refractivity contribution in [3.8, 4) is 34.4 Å². The number of carboxylic acids is 1. The minimum atomic E-state index is -1.26. The van der Waals surface area contributed by atoms with E-state index in [0.29, 0.717) is 18.2 Å². The summed E-state index contributed by atoms with van der Waals surface area (Å²) >= 11 is 0. The van der Waals surface area contributed by atoms with Crippen molar-refractivity contribution in [1.29, 1.82) is 0 Å². The molecule has 0 aliphatic heterocycles. The fraction of sp³-hybridized carbons (Fsp3) is 0.0769. The number of ether oxygens (including phenoxy) is 2. The highest BCUT2D eigenvalue weighted by molar-refractivity contribution is 5.91. The van der Waals surface area contributed by atoms with Gasteiger partial charge in [0.1, 0.15) is 17.1 Å². The van der Waals surface area contributed by atoms with E-state index in [1.165, 1.54) is 12.1 Å². The normalized spacial score (nSPS) is 10.7. The number of hydrogen-bond donors (Lipinski definition) is 2. The SMILES string of the molecule is Cc1cccc(C(=O)O)c1Oc1nc(Oc2cccc(-c3cccc(CN)c3)c2)c(F)cc1F. The van der Waals surface area contributed by atoms with Crippen LogP contribution in [0.3, 0.4) is 0 Å². The van der Waals surface area contributed by atoms with Gasteiger partial charge >= 0.3 is 5.97 Å². The Balaban J connectivity index is 1.66. The highest BCUT2D eigenvalue weighted by Gasteiger charge is 2.20. The van der Waals surface area contributed by atoms with E-state index < -0.39 is 29.4 Å². The summed E-state index contributed by atoms with van der Waals surface area (Å²) in [5.74, 6) is -4.36. The summed E-state index contributed by atoms with van der Waals surface area (Å²) in [4.78, 5) is 15.3. The van der Waals surface area contributed by atoms with Crippen LogP contribution in [0.25, 0.3) is 11.1 Å². The predicted octanol–water partition coefficient (Wildman–Crippen LogP) is 6.08. The van der Waals surface area contributed by atoms with E-state index in [1.54, 1.807) is 31.2 Å². The minimum Gasteiger partial charge on any atom is -0.478 e. The van der Waals surface area contributed by atoms with Crippen LogP contribution in [0, 0.1) is 18.6 Å². The van der Waals surface area contributed by atoms with Gasteiger partial charge in [0, 0.05) is 12.6 Å². The van der Waals surface area contributed by atoms with Crippen LogP contribution in [0.5, 0.6) is 23.3 Å². The molecule has 3 aromatic carbocycles. The van der Waals surface area contributed by atoms with Crippen LogP contribution in [0.1, 0.15) is 21.5 Å². The topological polar surface area (TPSA) is 94.7 Å².